The first-order chi connectivity index (χ1) is 14.4. The minimum Gasteiger partial charge on any atom is -0.449 e. The van der Waals surface area contributed by atoms with Gasteiger partial charge in [0.2, 0.25) is 8.32 Å². The van der Waals surface area contributed by atoms with Gasteiger partial charge < -0.3 is 18.4 Å². The number of aryl methyl sites for hydroxylation is 1. The van der Waals surface area contributed by atoms with E-state index in [1.807, 2.05) is 13.0 Å². The molecule has 1 aromatic rings. The van der Waals surface area contributed by atoms with Gasteiger partial charge in [-0.2, -0.15) is 0 Å². The number of hydrogen-bond donors (Lipinski definition) is 0. The van der Waals surface area contributed by atoms with Crippen molar-refractivity contribution in [2.75, 3.05) is 0 Å². The molecule has 1 aliphatic heterocycles. The van der Waals surface area contributed by atoms with E-state index in [0.717, 1.165) is 17.6 Å². The van der Waals surface area contributed by atoms with E-state index in [-0.39, 0.29) is 30.1 Å². The maximum absolute atomic E-state index is 11.4. The van der Waals surface area contributed by atoms with E-state index in [4.69, 9.17) is 13.6 Å². The first-order valence-electron chi connectivity index (χ1n) is 11.8. The SMILES string of the molecule is C/C(=C\c1coc(C)n1)[C@@H]1O[C@H](CC=O)[C@H](C)[C@H](O[Si](C(C)C)(C(C)C)C(C)C)[C@H]1C. The number of nitrogens with zero attached hydrogens (tertiary/aromatic N) is 1. The third-order valence-corrected chi connectivity index (χ3v) is 13.4. The first kappa shape index (κ1) is 26.0. The number of hydrogen-bond acceptors (Lipinski definition) is 5. The Morgan fingerprint density at radius 3 is 2.16 bits per heavy atom. The lowest BCUT2D eigenvalue weighted by Gasteiger charge is -2.52. The molecule has 1 aliphatic rings. The zero-order valence-electron chi connectivity index (χ0n) is 21.1. The zero-order valence-corrected chi connectivity index (χ0v) is 22.1. The minimum atomic E-state index is -2.08. The largest absolute Gasteiger partial charge is 0.449 e. The number of aromatic nitrogens is 1. The molecule has 2 rings (SSSR count). The summed E-state index contributed by atoms with van der Waals surface area (Å²) in [7, 11) is -2.08. The van der Waals surface area contributed by atoms with E-state index in [2.05, 4.69) is 67.3 Å². The molecule has 0 unspecified atom stereocenters. The van der Waals surface area contributed by atoms with Crippen LogP contribution in [0, 0.1) is 18.8 Å². The standard InChI is InChI=1S/C25H43NO4Si/c1-15(2)31(16(3)4,17(5)6)30-25-19(8)23(11-12-27)29-24(20(25)9)18(7)13-22-14-28-21(10)26-22/h12-17,19-20,23-25H,11H2,1-10H3/b18-13+/t19-,20-,23+,24-,25-/m0/s1. The van der Waals surface area contributed by atoms with E-state index in [1.54, 1.807) is 6.26 Å². The van der Waals surface area contributed by atoms with E-state index in [1.165, 1.54) is 0 Å². The second kappa shape index (κ2) is 10.6. The third-order valence-electron chi connectivity index (χ3n) is 7.26. The number of aldehydes is 1. The van der Waals surface area contributed by atoms with Crippen LogP contribution in [0.2, 0.25) is 16.6 Å². The van der Waals surface area contributed by atoms with Crippen LogP contribution in [0.3, 0.4) is 0 Å². The lowest BCUT2D eigenvalue weighted by atomic mass is 9.80. The number of oxazole rings is 1. The monoisotopic (exact) mass is 449 g/mol. The van der Waals surface area contributed by atoms with Crippen LogP contribution >= 0.6 is 0 Å². The smallest absolute Gasteiger partial charge is 0.200 e. The molecule has 0 N–H and O–H groups in total. The van der Waals surface area contributed by atoms with Crippen molar-refractivity contribution in [3.05, 3.63) is 23.4 Å². The Balaban J connectivity index is 2.44. The fourth-order valence-electron chi connectivity index (χ4n) is 5.81. The highest BCUT2D eigenvalue weighted by Gasteiger charge is 2.51. The summed E-state index contributed by atoms with van der Waals surface area (Å²) in [5, 5.41) is 0. The van der Waals surface area contributed by atoms with Gasteiger partial charge in [0.25, 0.3) is 0 Å². The molecule has 1 aromatic heterocycles. The number of ether oxygens (including phenoxy) is 1. The van der Waals surface area contributed by atoms with Crippen molar-refractivity contribution in [1.82, 2.24) is 4.98 Å². The molecule has 5 nitrogen and oxygen atoms in total. The Kier molecular flexibility index (Phi) is 8.88. The normalized spacial score (nSPS) is 28.0. The van der Waals surface area contributed by atoms with Gasteiger partial charge in [-0.05, 0) is 35.2 Å². The Hall–Kier alpha value is -1.24. The van der Waals surface area contributed by atoms with Gasteiger partial charge in [-0.25, -0.2) is 4.98 Å². The van der Waals surface area contributed by atoms with Crippen molar-refractivity contribution in [3.63, 3.8) is 0 Å². The van der Waals surface area contributed by atoms with Crippen LogP contribution in [-0.4, -0.2) is 37.9 Å². The molecule has 0 aromatic carbocycles. The second-order valence-electron chi connectivity index (χ2n) is 10.3. The Morgan fingerprint density at radius 2 is 1.71 bits per heavy atom. The lowest BCUT2D eigenvalue weighted by Crippen LogP contribution is -2.58. The Morgan fingerprint density at radius 1 is 1.13 bits per heavy atom. The predicted octanol–water partition coefficient (Wildman–Crippen LogP) is 6.58. The molecule has 5 atom stereocenters. The summed E-state index contributed by atoms with van der Waals surface area (Å²) >= 11 is 0. The number of carbonyl (C=O) groups excluding carboxylic acids is 1. The van der Waals surface area contributed by atoms with Gasteiger partial charge in [-0.3, -0.25) is 0 Å². The molecular formula is C25H43NO4Si. The quantitative estimate of drug-likeness (QED) is 0.315. The zero-order chi connectivity index (χ0) is 23.5. The van der Waals surface area contributed by atoms with Gasteiger partial charge in [0.1, 0.15) is 18.2 Å². The molecule has 0 bridgehead atoms. The molecular weight excluding hydrogens is 406 g/mol. The average molecular weight is 450 g/mol. The topological polar surface area (TPSA) is 61.6 Å². The fourth-order valence-corrected chi connectivity index (χ4v) is 11.5. The highest BCUT2D eigenvalue weighted by atomic mass is 28.4. The predicted molar refractivity (Wildman–Crippen MR) is 128 cm³/mol. The number of rotatable bonds is 9. The molecule has 0 spiro atoms. The van der Waals surface area contributed by atoms with Crippen LogP contribution in [-0.2, 0) is 14.0 Å². The van der Waals surface area contributed by atoms with Crippen LogP contribution in [0.4, 0.5) is 0 Å². The van der Waals surface area contributed by atoms with Crippen molar-refractivity contribution >= 4 is 20.7 Å². The first-order valence-corrected chi connectivity index (χ1v) is 14.0. The van der Waals surface area contributed by atoms with Gasteiger partial charge in [-0.15, -0.1) is 0 Å². The summed E-state index contributed by atoms with van der Waals surface area (Å²) < 4.78 is 19.1. The van der Waals surface area contributed by atoms with Crippen LogP contribution < -0.4 is 0 Å². The maximum Gasteiger partial charge on any atom is 0.200 e. The van der Waals surface area contributed by atoms with Crippen LogP contribution in [0.1, 0.15) is 80.3 Å². The molecule has 1 fully saturated rings. The fraction of sp³-hybridized carbons (Fsp3) is 0.760. The van der Waals surface area contributed by atoms with Crippen molar-refractivity contribution in [2.24, 2.45) is 11.8 Å². The maximum atomic E-state index is 11.4. The molecule has 31 heavy (non-hydrogen) atoms. The highest BCUT2D eigenvalue weighted by Crippen LogP contribution is 2.47. The summed E-state index contributed by atoms with van der Waals surface area (Å²) in [5.74, 6) is 0.971. The van der Waals surface area contributed by atoms with Gasteiger partial charge in [-0.1, -0.05) is 55.4 Å². The van der Waals surface area contributed by atoms with E-state index in [9.17, 15) is 4.79 Å². The van der Waals surface area contributed by atoms with Crippen molar-refractivity contribution in [2.45, 2.75) is 111 Å². The third kappa shape index (κ3) is 5.40. The van der Waals surface area contributed by atoms with E-state index in [0.29, 0.717) is 28.9 Å². The average Bonchev–Trinajstić information content (AvgIpc) is 3.07. The second-order valence-corrected chi connectivity index (χ2v) is 15.7. The van der Waals surface area contributed by atoms with Crippen LogP contribution in [0.15, 0.2) is 16.3 Å². The lowest BCUT2D eigenvalue weighted by molar-refractivity contribution is -0.150. The minimum absolute atomic E-state index is 0.0463. The summed E-state index contributed by atoms with van der Waals surface area (Å²) in [6, 6.07) is 0. The van der Waals surface area contributed by atoms with Crippen molar-refractivity contribution in [1.29, 1.82) is 0 Å². The summed E-state index contributed by atoms with van der Waals surface area (Å²) in [6.45, 7) is 22.2. The van der Waals surface area contributed by atoms with Gasteiger partial charge in [0.15, 0.2) is 5.89 Å². The van der Waals surface area contributed by atoms with Gasteiger partial charge in [0.05, 0.1) is 18.3 Å². The molecule has 0 aliphatic carbocycles. The molecule has 0 radical (unpaired) electrons. The van der Waals surface area contributed by atoms with Crippen LogP contribution in [0.25, 0.3) is 6.08 Å². The Bertz CT molecular complexity index is 733. The van der Waals surface area contributed by atoms with Gasteiger partial charge >= 0.3 is 0 Å². The van der Waals surface area contributed by atoms with E-state index < -0.39 is 8.32 Å². The summed E-state index contributed by atoms with van der Waals surface area (Å²) in [4.78, 5) is 15.8. The molecule has 2 heterocycles. The van der Waals surface area contributed by atoms with Crippen LogP contribution in [0.5, 0.6) is 0 Å². The van der Waals surface area contributed by atoms with Gasteiger partial charge in [0, 0.05) is 25.2 Å². The molecule has 0 saturated carbocycles. The molecule has 0 amide bonds. The number of carbonyl (C=O) groups is 1. The molecule has 176 valence electrons. The summed E-state index contributed by atoms with van der Waals surface area (Å²) in [6.07, 6.45) is 4.83. The van der Waals surface area contributed by atoms with E-state index >= 15 is 0 Å². The summed E-state index contributed by atoms with van der Waals surface area (Å²) in [5.41, 5.74) is 3.40. The van der Waals surface area contributed by atoms with Crippen molar-refractivity contribution in [3.8, 4) is 0 Å². The van der Waals surface area contributed by atoms with Crippen molar-refractivity contribution < 1.29 is 18.4 Å². The molecule has 1 saturated heterocycles. The molecule has 6 heteroatoms. The highest BCUT2D eigenvalue weighted by molar-refractivity contribution is 6.77. The Labute approximate surface area is 190 Å².